The highest BCUT2D eigenvalue weighted by atomic mass is 19.1. The number of hydrogen-bond acceptors (Lipinski definition) is 5. The van der Waals surface area contributed by atoms with Crippen LogP contribution in [0.1, 0.15) is 72.3 Å². The Kier molecular flexibility index (Phi) is 10.9. The molecule has 2 atom stereocenters. The van der Waals surface area contributed by atoms with Crippen LogP contribution in [0.15, 0.2) is 41.2 Å². The highest BCUT2D eigenvalue weighted by Gasteiger charge is 2.31. The molecule has 0 saturated carbocycles. The Labute approximate surface area is 263 Å². The first-order chi connectivity index (χ1) is 21.3. The second-order valence-corrected chi connectivity index (χ2v) is 12.9. The van der Waals surface area contributed by atoms with Crippen molar-refractivity contribution in [3.63, 3.8) is 0 Å². The quantitative estimate of drug-likeness (QED) is 0.256. The van der Waals surface area contributed by atoms with Crippen molar-refractivity contribution in [2.45, 2.75) is 72.9 Å². The average Bonchev–Trinajstić information content (AvgIpc) is 2.93. The number of aryl methyl sites for hydroxylation is 4. The second-order valence-electron chi connectivity index (χ2n) is 12.9. The molecule has 1 saturated heterocycles. The zero-order valence-corrected chi connectivity index (χ0v) is 27.0. The molecular weight excluding hydrogens is 578 g/mol. The van der Waals surface area contributed by atoms with E-state index in [9.17, 15) is 23.9 Å². The Morgan fingerprint density at radius 3 is 2.31 bits per heavy atom. The number of carboxylic acid groups (broad SMARTS) is 1. The molecule has 45 heavy (non-hydrogen) atoms. The van der Waals surface area contributed by atoms with E-state index in [1.807, 2.05) is 45.9 Å². The van der Waals surface area contributed by atoms with Gasteiger partial charge in [-0.2, -0.15) is 5.10 Å². The standard InChI is InChI=1S/C35H44F2N4O4/c1-20(2)12-30(41-35(45)24(6)14-27(39-41)10-11-40-18-25(17-36)19-40)34(44)38-29(16-31(42)43)28-15-26(13-23(5)33(28)37)32-21(3)8-7-9-22(32)4/h7-9,13-15,20,25,29-30H,10-12,16-19H2,1-6H3,(H,38,44)(H,42,43)/t29-,30-/m0/s1. The summed E-state index contributed by atoms with van der Waals surface area (Å²) >= 11 is 0. The topological polar surface area (TPSA) is 105 Å². The van der Waals surface area contributed by atoms with Crippen LogP contribution in [0, 0.1) is 45.3 Å². The number of carbonyl (C=O) groups is 2. The number of carboxylic acids is 1. The number of rotatable bonds is 13. The lowest BCUT2D eigenvalue weighted by atomic mass is 9.90. The van der Waals surface area contributed by atoms with Crippen LogP contribution < -0.4 is 10.9 Å². The number of nitrogens with zero attached hydrogens (tertiary/aromatic N) is 3. The Bertz CT molecular complexity index is 1590. The first-order valence-corrected chi connectivity index (χ1v) is 15.5. The van der Waals surface area contributed by atoms with E-state index in [0.29, 0.717) is 42.9 Å². The van der Waals surface area contributed by atoms with Gasteiger partial charge >= 0.3 is 5.97 Å². The summed E-state index contributed by atoms with van der Waals surface area (Å²) in [6.45, 7) is 12.7. The first-order valence-electron chi connectivity index (χ1n) is 15.5. The molecule has 242 valence electrons. The maximum atomic E-state index is 15.7. The smallest absolute Gasteiger partial charge is 0.305 e. The zero-order chi connectivity index (χ0) is 33.0. The van der Waals surface area contributed by atoms with E-state index in [0.717, 1.165) is 22.3 Å². The predicted molar refractivity (Wildman–Crippen MR) is 171 cm³/mol. The molecule has 4 rings (SSSR count). The second kappa shape index (κ2) is 14.5. The number of nitrogens with one attached hydrogen (secondary N) is 1. The Hall–Kier alpha value is -3.92. The summed E-state index contributed by atoms with van der Waals surface area (Å²) in [4.78, 5) is 41.5. The monoisotopic (exact) mass is 622 g/mol. The third kappa shape index (κ3) is 8.03. The minimum Gasteiger partial charge on any atom is -0.481 e. The number of aliphatic carboxylic acids is 1. The number of amides is 1. The third-order valence-electron chi connectivity index (χ3n) is 8.52. The number of benzene rings is 2. The van der Waals surface area contributed by atoms with Crippen molar-refractivity contribution in [3.8, 4) is 11.1 Å². The third-order valence-corrected chi connectivity index (χ3v) is 8.52. The Morgan fingerprint density at radius 1 is 1.04 bits per heavy atom. The van der Waals surface area contributed by atoms with Gasteiger partial charge in [-0.15, -0.1) is 0 Å². The lowest BCUT2D eigenvalue weighted by Crippen LogP contribution is -2.48. The molecule has 0 aliphatic carbocycles. The fourth-order valence-electron chi connectivity index (χ4n) is 6.18. The SMILES string of the molecule is Cc1cc(-c2c(C)cccc2C)cc([C@H](CC(=O)O)NC(=O)[C@H](CC(C)C)n2nc(CCN3CC(CF)C3)cc(C)c2=O)c1F. The summed E-state index contributed by atoms with van der Waals surface area (Å²) in [5, 5.41) is 17.2. The molecule has 2 heterocycles. The van der Waals surface area contributed by atoms with Gasteiger partial charge in [0.05, 0.1) is 24.8 Å². The molecule has 0 radical (unpaired) electrons. The van der Waals surface area contributed by atoms with Crippen molar-refractivity contribution in [2.24, 2.45) is 11.8 Å². The highest BCUT2D eigenvalue weighted by Crippen LogP contribution is 2.33. The maximum absolute atomic E-state index is 15.7. The van der Waals surface area contributed by atoms with Crippen molar-refractivity contribution in [1.82, 2.24) is 20.0 Å². The average molecular weight is 623 g/mol. The number of aromatic nitrogens is 2. The predicted octanol–water partition coefficient (Wildman–Crippen LogP) is 5.65. The normalized spacial score (nSPS) is 15.1. The number of alkyl halides is 1. The van der Waals surface area contributed by atoms with Crippen LogP contribution in [0.4, 0.5) is 8.78 Å². The van der Waals surface area contributed by atoms with Crippen LogP contribution in [-0.2, 0) is 16.0 Å². The Morgan fingerprint density at radius 2 is 1.71 bits per heavy atom. The molecule has 10 heteroatoms. The number of hydrogen-bond donors (Lipinski definition) is 2. The number of carbonyl (C=O) groups excluding carboxylic acids is 1. The summed E-state index contributed by atoms with van der Waals surface area (Å²) in [5.74, 6) is -2.36. The van der Waals surface area contributed by atoms with Gasteiger partial charge in [0.25, 0.3) is 5.56 Å². The first kappa shape index (κ1) is 34.0. The van der Waals surface area contributed by atoms with Crippen molar-refractivity contribution in [1.29, 1.82) is 0 Å². The molecule has 0 spiro atoms. The van der Waals surface area contributed by atoms with E-state index in [1.165, 1.54) is 4.68 Å². The Balaban J connectivity index is 1.69. The lowest BCUT2D eigenvalue weighted by molar-refractivity contribution is -0.138. The van der Waals surface area contributed by atoms with Gasteiger partial charge in [0.2, 0.25) is 5.91 Å². The fraction of sp³-hybridized carbons (Fsp3) is 0.486. The molecule has 0 unspecified atom stereocenters. The molecule has 1 fully saturated rings. The molecule has 1 amide bonds. The van der Waals surface area contributed by atoms with Crippen LogP contribution in [0.25, 0.3) is 11.1 Å². The summed E-state index contributed by atoms with van der Waals surface area (Å²) in [5.41, 5.74) is 4.65. The van der Waals surface area contributed by atoms with E-state index < -0.39 is 41.8 Å². The van der Waals surface area contributed by atoms with Gasteiger partial charge in [-0.05, 0) is 86.1 Å². The van der Waals surface area contributed by atoms with Crippen LogP contribution >= 0.6 is 0 Å². The molecule has 2 N–H and O–H groups in total. The molecule has 1 aliphatic rings. The molecule has 8 nitrogen and oxygen atoms in total. The molecule has 1 aliphatic heterocycles. The zero-order valence-electron chi connectivity index (χ0n) is 27.0. The number of halogens is 2. The van der Waals surface area contributed by atoms with Gasteiger partial charge in [-0.1, -0.05) is 32.0 Å². The van der Waals surface area contributed by atoms with Crippen LogP contribution in [0.5, 0.6) is 0 Å². The van der Waals surface area contributed by atoms with Crippen LogP contribution in [0.3, 0.4) is 0 Å². The van der Waals surface area contributed by atoms with E-state index in [2.05, 4.69) is 15.3 Å². The van der Waals surface area contributed by atoms with Gasteiger partial charge in [-0.3, -0.25) is 18.8 Å². The van der Waals surface area contributed by atoms with Gasteiger partial charge in [0.15, 0.2) is 0 Å². The summed E-state index contributed by atoms with van der Waals surface area (Å²) < 4.78 is 29.8. The van der Waals surface area contributed by atoms with Gasteiger partial charge < -0.3 is 15.3 Å². The molecule has 2 aromatic carbocycles. The summed E-state index contributed by atoms with van der Waals surface area (Å²) in [6.07, 6.45) is 0.229. The van der Waals surface area contributed by atoms with E-state index in [1.54, 1.807) is 32.0 Å². The highest BCUT2D eigenvalue weighted by molar-refractivity contribution is 5.82. The van der Waals surface area contributed by atoms with Gasteiger partial charge in [-0.25, -0.2) is 9.07 Å². The lowest BCUT2D eigenvalue weighted by Gasteiger charge is -2.37. The minimum absolute atomic E-state index is 0.0126. The van der Waals surface area contributed by atoms with Gasteiger partial charge in [0.1, 0.15) is 11.9 Å². The fourth-order valence-corrected chi connectivity index (χ4v) is 6.18. The minimum atomic E-state index is -1.20. The molecule has 3 aromatic rings. The van der Waals surface area contributed by atoms with Crippen molar-refractivity contribution in [3.05, 3.63) is 86.1 Å². The van der Waals surface area contributed by atoms with E-state index >= 15 is 4.39 Å². The molecule has 1 aromatic heterocycles. The summed E-state index contributed by atoms with van der Waals surface area (Å²) in [6, 6.07) is 8.67. The van der Waals surface area contributed by atoms with Crippen LogP contribution in [-0.4, -0.2) is 58.0 Å². The molecule has 0 bridgehead atoms. The van der Waals surface area contributed by atoms with Crippen LogP contribution in [0.2, 0.25) is 0 Å². The molecular formula is C35H44F2N4O4. The van der Waals surface area contributed by atoms with Crippen molar-refractivity contribution < 1.29 is 23.5 Å². The van der Waals surface area contributed by atoms with E-state index in [4.69, 9.17) is 0 Å². The van der Waals surface area contributed by atoms with Crippen molar-refractivity contribution in [2.75, 3.05) is 26.3 Å². The summed E-state index contributed by atoms with van der Waals surface area (Å²) in [7, 11) is 0. The van der Waals surface area contributed by atoms with Crippen molar-refractivity contribution >= 4 is 11.9 Å². The van der Waals surface area contributed by atoms with Gasteiger partial charge in [0, 0.05) is 43.1 Å². The van der Waals surface area contributed by atoms with E-state index in [-0.39, 0.29) is 30.5 Å². The maximum Gasteiger partial charge on any atom is 0.305 e. The largest absolute Gasteiger partial charge is 0.481 e. The number of likely N-dealkylation sites (tertiary alicyclic amines) is 1.